The number of anilines is 3. The smallest absolute Gasteiger partial charge is 0.268 e. The minimum atomic E-state index is -0.0431. The molecule has 338 valence electrons. The van der Waals surface area contributed by atoms with Gasteiger partial charge in [0.15, 0.2) is 0 Å². The Morgan fingerprint density at radius 2 is 1.09 bits per heavy atom. The van der Waals surface area contributed by atoms with Gasteiger partial charge in [-0.1, -0.05) is 189 Å². The van der Waals surface area contributed by atoms with E-state index in [4.69, 9.17) is 4.98 Å². The van der Waals surface area contributed by atoms with Crippen molar-refractivity contribution in [3.05, 3.63) is 243 Å². The molecule has 12 aromatic rings. The maximum Gasteiger partial charge on any atom is 0.268 e. The van der Waals surface area contributed by atoms with Crippen LogP contribution in [0.25, 0.3) is 94.5 Å². The molecule has 1 aliphatic rings. The van der Waals surface area contributed by atoms with Crippen LogP contribution in [0.3, 0.4) is 0 Å². The molecule has 0 spiro atoms. The molecule has 0 N–H and O–H groups in total. The number of para-hydroxylation sites is 4. The van der Waals surface area contributed by atoms with Crippen LogP contribution >= 0.6 is 0 Å². The summed E-state index contributed by atoms with van der Waals surface area (Å²) >= 11 is 0. The van der Waals surface area contributed by atoms with Crippen molar-refractivity contribution in [2.24, 2.45) is 0 Å². The minimum Gasteiger partial charge on any atom is -0.359 e. The number of benzene rings is 9. The van der Waals surface area contributed by atoms with Gasteiger partial charge in [-0.05, 0) is 96.9 Å². The van der Waals surface area contributed by atoms with Crippen molar-refractivity contribution in [2.75, 3.05) is 4.90 Å². The van der Waals surface area contributed by atoms with Crippen LogP contribution in [0.15, 0.2) is 219 Å². The second kappa shape index (κ2) is 17.1. The molecule has 70 heavy (non-hydrogen) atoms. The Morgan fingerprint density at radius 1 is 0.500 bits per heavy atom. The number of aromatic nitrogens is 4. The molecule has 3 aromatic heterocycles. The van der Waals surface area contributed by atoms with Gasteiger partial charge in [-0.25, -0.2) is 4.98 Å². The zero-order chi connectivity index (χ0) is 46.2. The second-order valence-electron chi connectivity index (χ2n) is 18.8. The topological polar surface area (TPSA) is 29.9 Å². The van der Waals surface area contributed by atoms with Gasteiger partial charge < -0.3 is 14.0 Å². The second-order valence-corrected chi connectivity index (χ2v) is 18.8. The largest absolute Gasteiger partial charge is 0.359 e. The van der Waals surface area contributed by atoms with Crippen molar-refractivity contribution in [3.63, 3.8) is 0 Å². The predicted octanol–water partition coefficient (Wildman–Crippen LogP) is 15.5. The molecule has 6 heteroatoms. The molecule has 0 bridgehead atoms. The van der Waals surface area contributed by atoms with Gasteiger partial charge >= 0.3 is 0 Å². The maximum atomic E-state index is 4.97. The van der Waals surface area contributed by atoms with Crippen molar-refractivity contribution < 1.29 is 25.6 Å². The van der Waals surface area contributed by atoms with Crippen molar-refractivity contribution in [1.29, 1.82) is 0 Å². The Bertz CT molecular complexity index is 3950. The number of fused-ring (bicyclic) bond motifs is 10. The van der Waals surface area contributed by atoms with Crippen molar-refractivity contribution in [2.45, 2.75) is 26.2 Å². The fourth-order valence-corrected chi connectivity index (χ4v) is 10.4. The minimum absolute atomic E-state index is 0. The Morgan fingerprint density at radius 3 is 1.84 bits per heavy atom. The van der Waals surface area contributed by atoms with E-state index >= 15 is 0 Å². The number of rotatable bonds is 6. The van der Waals surface area contributed by atoms with Gasteiger partial charge in [0.25, 0.3) is 6.33 Å². The van der Waals surface area contributed by atoms with Crippen LogP contribution in [-0.4, -0.2) is 14.1 Å². The molecule has 0 atom stereocenters. The summed E-state index contributed by atoms with van der Waals surface area (Å²) in [5.41, 5.74) is 19.2. The number of hydrogen-bond donors (Lipinski definition) is 0. The Balaban J connectivity index is 0.00000505. The quantitative estimate of drug-likeness (QED) is 0.123. The molecule has 0 fully saturated rings. The number of imidazole rings is 1. The van der Waals surface area contributed by atoms with Crippen LogP contribution < -0.4 is 9.47 Å². The fraction of sp³-hybridized carbons (Fsp3) is 0.0625. The van der Waals surface area contributed by atoms with Crippen molar-refractivity contribution in [3.8, 4) is 61.7 Å². The third kappa shape index (κ3) is 7.03. The predicted molar refractivity (Wildman–Crippen MR) is 282 cm³/mol. The van der Waals surface area contributed by atoms with Gasteiger partial charge in [0.2, 0.25) is 0 Å². The molecule has 0 amide bonds. The standard InChI is InChI=1S/C64H45N5.Pt/c1-64(2,3)44-37-38-65-61(39-44)69-58-33-15-14-29-54(58)55-36-35-48(41-60(55)69)68(45-21-8-5-9-22-45)47-24-16-23-46(40-47)66-42-67-62-49(43-19-6-4-7-20-43)30-17-31-56(62)52-27-12-10-25-50(52)51-26-11-13-28-53(51)57-32-18-34-59(66)63(57)67;/h4-39H,1-3H3;/q-2;. The van der Waals surface area contributed by atoms with Crippen LogP contribution in [0.5, 0.6) is 0 Å². The molecule has 13 rings (SSSR count). The summed E-state index contributed by atoms with van der Waals surface area (Å²) in [5, 5.41) is 2.27. The summed E-state index contributed by atoms with van der Waals surface area (Å²) in [6.45, 7) is 6.73. The van der Waals surface area contributed by atoms with E-state index in [-0.39, 0.29) is 26.5 Å². The first-order valence-corrected chi connectivity index (χ1v) is 23.6. The molecule has 4 heterocycles. The van der Waals surface area contributed by atoms with Crippen LogP contribution in [0.2, 0.25) is 0 Å². The third-order valence-electron chi connectivity index (χ3n) is 13.7. The maximum absolute atomic E-state index is 4.97. The first kappa shape index (κ1) is 43.2. The molecule has 0 unspecified atom stereocenters. The number of hydrogen-bond acceptors (Lipinski definition) is 2. The van der Waals surface area contributed by atoms with E-state index in [2.05, 4.69) is 270 Å². The molecule has 0 saturated carbocycles. The first-order valence-electron chi connectivity index (χ1n) is 23.6. The average molecular weight is 1080 g/mol. The summed E-state index contributed by atoms with van der Waals surface area (Å²) in [4.78, 5) is 7.22. The van der Waals surface area contributed by atoms with E-state index in [9.17, 15) is 0 Å². The summed E-state index contributed by atoms with van der Waals surface area (Å²) in [6.07, 6.45) is 5.89. The molecule has 0 radical (unpaired) electrons. The molecular formula is C64H45N5Pt-2. The van der Waals surface area contributed by atoms with Crippen LogP contribution in [0, 0.1) is 18.5 Å². The molecule has 0 saturated heterocycles. The van der Waals surface area contributed by atoms with Gasteiger partial charge in [0.05, 0.1) is 16.7 Å². The number of nitrogens with zero attached hydrogens (tertiary/aromatic N) is 5. The van der Waals surface area contributed by atoms with Crippen molar-refractivity contribution in [1.82, 2.24) is 14.1 Å². The van der Waals surface area contributed by atoms with Crippen molar-refractivity contribution >= 4 is 49.9 Å². The van der Waals surface area contributed by atoms with E-state index < -0.39 is 0 Å². The van der Waals surface area contributed by atoms with E-state index in [1.165, 1.54) is 27.8 Å². The van der Waals surface area contributed by atoms with Gasteiger partial charge in [0.1, 0.15) is 5.82 Å². The Labute approximate surface area is 422 Å². The van der Waals surface area contributed by atoms with E-state index in [0.29, 0.717) is 0 Å². The SMILES string of the molecule is CC(C)(C)c1ccnc(-n2c3[c-]c(N(c4[c-]c(-n5[c-][n+]6c7c(cccc75)-c5ccccc5-c5ccccc5-c5cccc(-c7ccccc7)c5-6)ccc4)c4ccccc4)ccc3c3ccccc32)c1.[Pt]. The normalized spacial score (nSPS) is 11.8. The molecule has 9 aromatic carbocycles. The average Bonchev–Trinajstić information content (AvgIpc) is 3.96. The van der Waals surface area contributed by atoms with Crippen LogP contribution in [0.1, 0.15) is 26.3 Å². The fourth-order valence-electron chi connectivity index (χ4n) is 10.4. The Hall–Kier alpha value is -8.11. The van der Waals surface area contributed by atoms with E-state index in [1.807, 2.05) is 6.20 Å². The molecule has 1 aliphatic heterocycles. The van der Waals surface area contributed by atoms with Gasteiger partial charge in [-0.2, -0.15) is 24.3 Å². The summed E-state index contributed by atoms with van der Waals surface area (Å²) in [6, 6.07) is 83.8. The third-order valence-corrected chi connectivity index (χ3v) is 13.7. The van der Waals surface area contributed by atoms with Crippen LogP contribution in [0.4, 0.5) is 17.1 Å². The van der Waals surface area contributed by atoms with Gasteiger partial charge in [-0.15, -0.1) is 23.6 Å². The van der Waals surface area contributed by atoms with E-state index in [1.54, 1.807) is 0 Å². The van der Waals surface area contributed by atoms with Gasteiger partial charge in [-0.3, -0.25) is 4.57 Å². The van der Waals surface area contributed by atoms with E-state index in [0.717, 1.165) is 89.3 Å². The molecular weight excluding hydrogens is 1030 g/mol. The zero-order valence-electron chi connectivity index (χ0n) is 38.8. The number of pyridine rings is 1. The summed E-state index contributed by atoms with van der Waals surface area (Å²) in [7, 11) is 0. The molecule has 5 nitrogen and oxygen atoms in total. The summed E-state index contributed by atoms with van der Waals surface area (Å²) in [5.74, 6) is 0.868. The summed E-state index contributed by atoms with van der Waals surface area (Å²) < 4.78 is 6.75. The monoisotopic (exact) mass is 1080 g/mol. The van der Waals surface area contributed by atoms with Gasteiger partial charge in [0, 0.05) is 38.5 Å². The zero-order valence-corrected chi connectivity index (χ0v) is 41.1. The Kier molecular flexibility index (Phi) is 10.6. The van der Waals surface area contributed by atoms with Crippen LogP contribution in [-0.2, 0) is 26.5 Å². The molecule has 0 aliphatic carbocycles. The first-order chi connectivity index (χ1) is 33.9.